The monoisotopic (exact) mass is 477 g/mol. The Morgan fingerprint density at radius 3 is 2.53 bits per heavy atom. The summed E-state index contributed by atoms with van der Waals surface area (Å²) < 4.78 is 7.28. The van der Waals surface area contributed by atoms with Gasteiger partial charge in [-0.25, -0.2) is 0 Å². The summed E-state index contributed by atoms with van der Waals surface area (Å²) in [7, 11) is 1.83. The highest BCUT2D eigenvalue weighted by molar-refractivity contribution is 7.80. The van der Waals surface area contributed by atoms with E-state index in [1.807, 2.05) is 62.6 Å². The summed E-state index contributed by atoms with van der Waals surface area (Å²) in [6.45, 7) is 3.06. The molecule has 0 spiro atoms. The van der Waals surface area contributed by atoms with Crippen LogP contribution < -0.4 is 15.0 Å². The van der Waals surface area contributed by atoms with Crippen molar-refractivity contribution in [3.8, 4) is 5.75 Å². The number of rotatable bonds is 9. The molecule has 176 valence electrons. The minimum Gasteiger partial charge on any atom is -0.494 e. The van der Waals surface area contributed by atoms with Crippen LogP contribution in [0.3, 0.4) is 0 Å². The highest BCUT2D eigenvalue weighted by Gasteiger charge is 2.44. The summed E-state index contributed by atoms with van der Waals surface area (Å²) >= 11 is 5.69. The van der Waals surface area contributed by atoms with Gasteiger partial charge in [0.2, 0.25) is 5.91 Å². The summed E-state index contributed by atoms with van der Waals surface area (Å²) in [4.78, 5) is 29.7. The lowest BCUT2D eigenvalue weighted by Crippen LogP contribution is -2.37. The van der Waals surface area contributed by atoms with E-state index < -0.39 is 6.04 Å². The predicted octanol–water partition coefficient (Wildman–Crippen LogP) is 3.74. The summed E-state index contributed by atoms with van der Waals surface area (Å²) in [5, 5.41) is 7.46. The van der Waals surface area contributed by atoms with E-state index in [1.165, 1.54) is 4.90 Å². The van der Waals surface area contributed by atoms with E-state index in [0.29, 0.717) is 29.6 Å². The van der Waals surface area contributed by atoms with Crippen LogP contribution in [-0.2, 0) is 23.2 Å². The molecule has 0 unspecified atom stereocenters. The van der Waals surface area contributed by atoms with Crippen molar-refractivity contribution in [1.29, 1.82) is 0 Å². The molecule has 0 radical (unpaired) electrons. The molecule has 1 N–H and O–H groups in total. The van der Waals surface area contributed by atoms with Gasteiger partial charge in [-0.05, 0) is 55.0 Å². The molecule has 2 aromatic carbocycles. The number of para-hydroxylation sites is 1. The van der Waals surface area contributed by atoms with Crippen molar-refractivity contribution in [3.05, 3.63) is 72.6 Å². The van der Waals surface area contributed by atoms with Gasteiger partial charge < -0.3 is 15.0 Å². The first-order chi connectivity index (χ1) is 16.5. The lowest BCUT2D eigenvalue weighted by atomic mass is 10.1. The quantitative estimate of drug-likeness (QED) is 0.473. The van der Waals surface area contributed by atoms with Gasteiger partial charge in [0.1, 0.15) is 11.8 Å². The lowest BCUT2D eigenvalue weighted by Gasteiger charge is -2.23. The Labute approximate surface area is 204 Å². The topological polar surface area (TPSA) is 79.7 Å². The van der Waals surface area contributed by atoms with E-state index in [0.717, 1.165) is 17.7 Å². The number of hydrogen-bond donors (Lipinski definition) is 1. The predicted molar refractivity (Wildman–Crippen MR) is 135 cm³/mol. The number of amides is 2. The van der Waals surface area contributed by atoms with Crippen LogP contribution in [0.1, 0.15) is 25.3 Å². The second-order valence-electron chi connectivity index (χ2n) is 8.08. The van der Waals surface area contributed by atoms with Crippen LogP contribution in [0.25, 0.3) is 0 Å². The fourth-order valence-corrected chi connectivity index (χ4v) is 4.21. The maximum atomic E-state index is 13.4. The standard InChI is InChI=1S/C25H27N5O3S/c1-3-13-33-21-11-9-19(10-12-21)27-23(31)14-22-24(32)30(20-7-5-4-6-8-20)25(34)29(22)17-18-15-26-28(2)16-18/h4-12,15-16,22H,3,13-14,17H2,1-2H3,(H,27,31)/t22-/m0/s1. The molecule has 8 nitrogen and oxygen atoms in total. The van der Waals surface area contributed by atoms with Crippen molar-refractivity contribution in [3.63, 3.8) is 0 Å². The minimum atomic E-state index is -0.722. The minimum absolute atomic E-state index is 0.0311. The van der Waals surface area contributed by atoms with Crippen molar-refractivity contribution in [2.24, 2.45) is 7.05 Å². The first-order valence-electron chi connectivity index (χ1n) is 11.2. The van der Waals surface area contributed by atoms with Gasteiger partial charge in [0, 0.05) is 31.0 Å². The van der Waals surface area contributed by atoms with E-state index in [2.05, 4.69) is 10.4 Å². The van der Waals surface area contributed by atoms with Crippen molar-refractivity contribution >= 4 is 40.5 Å². The van der Waals surface area contributed by atoms with Crippen LogP contribution >= 0.6 is 12.2 Å². The van der Waals surface area contributed by atoms with Gasteiger partial charge in [0.05, 0.1) is 24.9 Å². The van der Waals surface area contributed by atoms with Gasteiger partial charge in [-0.3, -0.25) is 19.2 Å². The smallest absolute Gasteiger partial charge is 0.256 e. The molecule has 3 aromatic rings. The van der Waals surface area contributed by atoms with Crippen molar-refractivity contribution in [1.82, 2.24) is 14.7 Å². The van der Waals surface area contributed by atoms with Crippen LogP contribution in [0.2, 0.25) is 0 Å². The van der Waals surface area contributed by atoms with E-state index in [4.69, 9.17) is 17.0 Å². The first kappa shape index (κ1) is 23.4. The van der Waals surface area contributed by atoms with Crippen LogP contribution in [0, 0.1) is 0 Å². The molecular formula is C25H27N5O3S. The molecule has 2 heterocycles. The van der Waals surface area contributed by atoms with Gasteiger partial charge in [-0.2, -0.15) is 5.10 Å². The summed E-state index contributed by atoms with van der Waals surface area (Å²) in [6, 6.07) is 15.7. The number of thiocarbonyl (C=S) groups is 1. The third-order valence-electron chi connectivity index (χ3n) is 5.43. The zero-order valence-electron chi connectivity index (χ0n) is 19.2. The zero-order chi connectivity index (χ0) is 24.1. The Hall–Kier alpha value is -3.72. The third kappa shape index (κ3) is 5.26. The molecule has 1 atom stereocenters. The Morgan fingerprint density at radius 2 is 1.88 bits per heavy atom. The summed E-state index contributed by atoms with van der Waals surface area (Å²) in [6.07, 6.45) is 4.50. The van der Waals surface area contributed by atoms with Crippen molar-refractivity contribution in [2.75, 3.05) is 16.8 Å². The molecular weight excluding hydrogens is 450 g/mol. The van der Waals surface area contributed by atoms with Crippen molar-refractivity contribution < 1.29 is 14.3 Å². The van der Waals surface area contributed by atoms with Gasteiger partial charge in [0.25, 0.3) is 5.91 Å². The van der Waals surface area contributed by atoms with Crippen LogP contribution in [0.5, 0.6) is 5.75 Å². The number of ether oxygens (including phenoxy) is 1. The molecule has 1 aliphatic heterocycles. The van der Waals surface area contributed by atoms with Crippen LogP contribution in [0.4, 0.5) is 11.4 Å². The van der Waals surface area contributed by atoms with Crippen LogP contribution in [0.15, 0.2) is 67.0 Å². The fourth-order valence-electron chi connectivity index (χ4n) is 3.82. The second kappa shape index (κ2) is 10.5. The normalized spacial score (nSPS) is 15.6. The van der Waals surface area contributed by atoms with Gasteiger partial charge in [-0.1, -0.05) is 25.1 Å². The number of anilines is 2. The average molecular weight is 478 g/mol. The van der Waals surface area contributed by atoms with E-state index >= 15 is 0 Å². The Morgan fingerprint density at radius 1 is 1.15 bits per heavy atom. The Balaban J connectivity index is 1.51. The average Bonchev–Trinajstić information content (AvgIpc) is 3.35. The molecule has 1 aliphatic rings. The number of benzene rings is 2. The summed E-state index contributed by atoms with van der Waals surface area (Å²) in [5.41, 5.74) is 2.22. The first-order valence-corrected chi connectivity index (χ1v) is 11.6. The number of carbonyl (C=O) groups excluding carboxylic acids is 2. The van der Waals surface area contributed by atoms with Crippen LogP contribution in [-0.4, -0.2) is 44.3 Å². The highest BCUT2D eigenvalue weighted by atomic mass is 32.1. The fraction of sp³-hybridized carbons (Fsp3) is 0.280. The molecule has 0 bridgehead atoms. The zero-order valence-corrected chi connectivity index (χ0v) is 20.0. The molecule has 1 saturated heterocycles. The van der Waals surface area contributed by atoms with E-state index in [1.54, 1.807) is 27.9 Å². The summed E-state index contributed by atoms with van der Waals surface area (Å²) in [5.74, 6) is 0.255. The molecule has 0 aliphatic carbocycles. The Bertz CT molecular complexity index is 1160. The van der Waals surface area contributed by atoms with Crippen molar-refractivity contribution in [2.45, 2.75) is 32.4 Å². The molecule has 4 rings (SSSR count). The Kier molecular flexibility index (Phi) is 7.22. The van der Waals surface area contributed by atoms with E-state index in [-0.39, 0.29) is 18.2 Å². The van der Waals surface area contributed by atoms with Gasteiger partial charge >= 0.3 is 0 Å². The largest absolute Gasteiger partial charge is 0.494 e. The lowest BCUT2D eigenvalue weighted by molar-refractivity contribution is -0.124. The molecule has 9 heteroatoms. The second-order valence-corrected chi connectivity index (χ2v) is 8.45. The number of nitrogens with zero attached hydrogens (tertiary/aromatic N) is 4. The molecule has 1 aromatic heterocycles. The number of aryl methyl sites for hydroxylation is 1. The number of hydrogen-bond acceptors (Lipinski definition) is 5. The highest BCUT2D eigenvalue weighted by Crippen LogP contribution is 2.29. The molecule has 34 heavy (non-hydrogen) atoms. The maximum Gasteiger partial charge on any atom is 0.256 e. The van der Waals surface area contributed by atoms with Gasteiger partial charge in [0.15, 0.2) is 5.11 Å². The third-order valence-corrected chi connectivity index (χ3v) is 5.85. The molecule has 1 fully saturated rings. The van der Waals surface area contributed by atoms with Gasteiger partial charge in [-0.15, -0.1) is 0 Å². The van der Waals surface area contributed by atoms with E-state index in [9.17, 15) is 9.59 Å². The number of aromatic nitrogens is 2. The maximum absolute atomic E-state index is 13.4. The number of nitrogens with one attached hydrogen (secondary N) is 1. The SMILES string of the molecule is CCCOc1ccc(NC(=O)C[C@H]2C(=O)N(c3ccccc3)C(=S)N2Cc2cnn(C)c2)cc1. The molecule has 0 saturated carbocycles. The number of carbonyl (C=O) groups is 2. The molecule has 2 amide bonds.